The highest BCUT2D eigenvalue weighted by Crippen LogP contribution is 2.17. The molecule has 3 aromatic rings. The van der Waals surface area contributed by atoms with Crippen molar-refractivity contribution in [1.82, 2.24) is 10.3 Å². The summed E-state index contributed by atoms with van der Waals surface area (Å²) in [5.74, 6) is 2.55. The van der Waals surface area contributed by atoms with Crippen LogP contribution in [-0.2, 0) is 12.4 Å². The third-order valence-corrected chi connectivity index (χ3v) is 6.13. The van der Waals surface area contributed by atoms with Crippen molar-refractivity contribution in [3.8, 4) is 5.75 Å². The Bertz CT molecular complexity index is 814. The van der Waals surface area contributed by atoms with Gasteiger partial charge in [-0.2, -0.15) is 23.1 Å². The van der Waals surface area contributed by atoms with E-state index in [1.807, 2.05) is 43.0 Å². The summed E-state index contributed by atoms with van der Waals surface area (Å²) in [6, 6.07) is 10.0. The van der Waals surface area contributed by atoms with E-state index < -0.39 is 0 Å². The minimum atomic E-state index is -0.126. The van der Waals surface area contributed by atoms with Crippen LogP contribution in [0, 0.1) is 6.92 Å². The van der Waals surface area contributed by atoms with Crippen molar-refractivity contribution in [2.75, 3.05) is 12.3 Å². The highest BCUT2D eigenvalue weighted by molar-refractivity contribution is 7.98. The summed E-state index contributed by atoms with van der Waals surface area (Å²) in [6.45, 7) is 3.05. The number of aryl methyl sites for hydroxylation is 1. The molecule has 3 rings (SSSR count). The smallest absolute Gasteiger partial charge is 0.270 e. The lowest BCUT2D eigenvalue weighted by molar-refractivity contribution is 0.0951. The van der Waals surface area contributed by atoms with Gasteiger partial charge < -0.3 is 10.1 Å². The molecule has 0 aliphatic carbocycles. The number of hydrogen-bond donors (Lipinski definition) is 1. The molecule has 4 nitrogen and oxygen atoms in total. The van der Waals surface area contributed by atoms with Crippen LogP contribution in [-0.4, -0.2) is 23.2 Å². The summed E-state index contributed by atoms with van der Waals surface area (Å²) >= 11 is 4.97. The Morgan fingerprint density at radius 3 is 2.85 bits per heavy atom. The molecule has 0 radical (unpaired) electrons. The van der Waals surface area contributed by atoms with E-state index in [1.165, 1.54) is 22.5 Å². The topological polar surface area (TPSA) is 51.2 Å². The van der Waals surface area contributed by atoms with Crippen LogP contribution in [0.3, 0.4) is 0 Å². The molecule has 0 bridgehead atoms. The number of aromatic nitrogens is 1. The van der Waals surface area contributed by atoms with Crippen LogP contribution in [0.25, 0.3) is 0 Å². The van der Waals surface area contributed by atoms with E-state index in [1.54, 1.807) is 16.7 Å². The Hall–Kier alpha value is -1.83. The SMILES string of the molecule is Cc1ccc(OCc2nc(C(=O)NCCSCc3ccsc3)cs2)cc1. The molecule has 0 aliphatic heterocycles. The average Bonchev–Trinajstić information content (AvgIpc) is 3.33. The van der Waals surface area contributed by atoms with Gasteiger partial charge in [0, 0.05) is 23.4 Å². The monoisotopic (exact) mass is 404 g/mol. The molecular weight excluding hydrogens is 384 g/mol. The molecule has 0 fully saturated rings. The maximum Gasteiger partial charge on any atom is 0.270 e. The number of ether oxygens (including phenoxy) is 1. The molecule has 1 amide bonds. The molecule has 0 atom stereocenters. The van der Waals surface area contributed by atoms with Crippen LogP contribution in [0.5, 0.6) is 5.75 Å². The summed E-state index contributed by atoms with van der Waals surface area (Å²) in [4.78, 5) is 16.5. The number of thiazole rings is 1. The largest absolute Gasteiger partial charge is 0.486 e. The van der Waals surface area contributed by atoms with Gasteiger partial charge in [-0.05, 0) is 41.4 Å². The number of rotatable bonds is 9. The molecule has 0 unspecified atom stereocenters. The van der Waals surface area contributed by atoms with Crippen LogP contribution in [0.4, 0.5) is 0 Å². The Morgan fingerprint density at radius 1 is 1.23 bits per heavy atom. The Balaban J connectivity index is 1.37. The lowest BCUT2D eigenvalue weighted by atomic mass is 10.2. The number of thiophene rings is 1. The Labute approximate surface area is 165 Å². The van der Waals surface area contributed by atoms with Crippen LogP contribution >= 0.6 is 34.4 Å². The highest BCUT2D eigenvalue weighted by Gasteiger charge is 2.10. The molecule has 0 spiro atoms. The number of hydrogen-bond acceptors (Lipinski definition) is 6. The summed E-state index contributed by atoms with van der Waals surface area (Å²) in [7, 11) is 0. The van der Waals surface area contributed by atoms with E-state index in [0.29, 0.717) is 18.8 Å². The fourth-order valence-electron chi connectivity index (χ4n) is 2.15. The van der Waals surface area contributed by atoms with E-state index in [4.69, 9.17) is 4.74 Å². The van der Waals surface area contributed by atoms with Crippen molar-refractivity contribution in [2.24, 2.45) is 0 Å². The molecule has 7 heteroatoms. The zero-order chi connectivity index (χ0) is 18.2. The Morgan fingerprint density at radius 2 is 2.08 bits per heavy atom. The summed E-state index contributed by atoms with van der Waals surface area (Å²) < 4.78 is 5.70. The van der Waals surface area contributed by atoms with Crippen molar-refractivity contribution in [3.63, 3.8) is 0 Å². The fourth-order valence-corrected chi connectivity index (χ4v) is 4.42. The minimum Gasteiger partial charge on any atom is -0.486 e. The van der Waals surface area contributed by atoms with Crippen LogP contribution in [0.2, 0.25) is 0 Å². The predicted molar refractivity (Wildman–Crippen MR) is 110 cm³/mol. The number of thioether (sulfide) groups is 1. The van der Waals surface area contributed by atoms with E-state index >= 15 is 0 Å². The minimum absolute atomic E-state index is 0.126. The normalized spacial score (nSPS) is 10.7. The van der Waals surface area contributed by atoms with Gasteiger partial charge in [0.15, 0.2) is 0 Å². The van der Waals surface area contributed by atoms with Gasteiger partial charge in [-0.25, -0.2) is 4.98 Å². The summed E-state index contributed by atoms with van der Waals surface area (Å²) in [5, 5.41) is 9.73. The number of nitrogens with zero attached hydrogens (tertiary/aromatic N) is 1. The second-order valence-electron chi connectivity index (χ2n) is 5.67. The predicted octanol–water partition coefficient (Wildman–Crippen LogP) is 4.76. The lowest BCUT2D eigenvalue weighted by Crippen LogP contribution is -2.26. The molecule has 136 valence electrons. The van der Waals surface area contributed by atoms with Gasteiger partial charge in [-0.1, -0.05) is 17.7 Å². The molecule has 1 N–H and O–H groups in total. The summed E-state index contributed by atoms with van der Waals surface area (Å²) in [5.41, 5.74) is 2.99. The van der Waals surface area contributed by atoms with Gasteiger partial charge in [0.2, 0.25) is 0 Å². The first-order valence-corrected chi connectivity index (χ1v) is 11.2. The van der Waals surface area contributed by atoms with Crippen molar-refractivity contribution < 1.29 is 9.53 Å². The van der Waals surface area contributed by atoms with Gasteiger partial charge in [0.05, 0.1) is 0 Å². The first-order chi connectivity index (χ1) is 12.7. The van der Waals surface area contributed by atoms with Crippen LogP contribution < -0.4 is 10.1 Å². The average molecular weight is 405 g/mol. The molecular formula is C19H20N2O2S3. The third kappa shape index (κ3) is 5.86. The van der Waals surface area contributed by atoms with Crippen molar-refractivity contribution >= 4 is 40.3 Å². The molecule has 26 heavy (non-hydrogen) atoms. The third-order valence-electron chi connectivity index (χ3n) is 3.55. The van der Waals surface area contributed by atoms with Crippen LogP contribution in [0.15, 0.2) is 46.5 Å². The van der Waals surface area contributed by atoms with Gasteiger partial charge in [-0.3, -0.25) is 4.79 Å². The van der Waals surface area contributed by atoms with E-state index in [0.717, 1.165) is 22.3 Å². The van der Waals surface area contributed by atoms with Crippen molar-refractivity contribution in [2.45, 2.75) is 19.3 Å². The standard InChI is InChI=1S/C19H20N2O2S3/c1-14-2-4-16(5-3-14)23-10-18-21-17(13-26-18)19(22)20-7-9-25-12-15-6-8-24-11-15/h2-6,8,11,13H,7,9-10,12H2,1H3,(H,20,22). The van der Waals surface area contributed by atoms with Crippen molar-refractivity contribution in [3.05, 3.63) is 68.3 Å². The molecule has 1 aromatic carbocycles. The number of carbonyl (C=O) groups is 1. The van der Waals surface area contributed by atoms with Gasteiger partial charge in [0.25, 0.3) is 5.91 Å². The zero-order valence-electron chi connectivity index (χ0n) is 14.4. The number of benzene rings is 1. The first kappa shape index (κ1) is 18.9. The number of nitrogens with one attached hydrogen (secondary N) is 1. The second-order valence-corrected chi connectivity index (χ2v) is 8.50. The van der Waals surface area contributed by atoms with E-state index in [2.05, 4.69) is 27.1 Å². The van der Waals surface area contributed by atoms with Gasteiger partial charge in [0.1, 0.15) is 23.1 Å². The molecule has 0 saturated carbocycles. The van der Waals surface area contributed by atoms with E-state index in [-0.39, 0.29) is 5.91 Å². The second kappa shape index (κ2) is 9.75. The molecule has 0 saturated heterocycles. The van der Waals surface area contributed by atoms with Gasteiger partial charge in [-0.15, -0.1) is 11.3 Å². The molecule has 0 aliphatic rings. The number of amides is 1. The maximum absolute atomic E-state index is 12.1. The lowest BCUT2D eigenvalue weighted by Gasteiger charge is -2.04. The quantitative estimate of drug-likeness (QED) is 0.523. The molecule has 2 heterocycles. The van der Waals surface area contributed by atoms with Crippen molar-refractivity contribution in [1.29, 1.82) is 0 Å². The number of carbonyl (C=O) groups excluding carboxylic acids is 1. The Kier molecular flexibility index (Phi) is 7.11. The maximum atomic E-state index is 12.1. The first-order valence-electron chi connectivity index (χ1n) is 8.21. The zero-order valence-corrected chi connectivity index (χ0v) is 16.9. The van der Waals surface area contributed by atoms with E-state index in [9.17, 15) is 4.79 Å². The highest BCUT2D eigenvalue weighted by atomic mass is 32.2. The summed E-state index contributed by atoms with van der Waals surface area (Å²) in [6.07, 6.45) is 0. The van der Waals surface area contributed by atoms with Crippen LogP contribution in [0.1, 0.15) is 26.6 Å². The molecule has 2 aromatic heterocycles. The fraction of sp³-hybridized carbons (Fsp3) is 0.263. The van der Waals surface area contributed by atoms with Gasteiger partial charge >= 0.3 is 0 Å².